The van der Waals surface area contributed by atoms with Crippen molar-refractivity contribution < 1.29 is 0 Å². The van der Waals surface area contributed by atoms with Gasteiger partial charge in [0.05, 0.1) is 0 Å². The van der Waals surface area contributed by atoms with Crippen molar-refractivity contribution in [3.63, 3.8) is 0 Å². The fourth-order valence-electron chi connectivity index (χ4n) is 3.77. The van der Waals surface area contributed by atoms with Crippen LogP contribution in [0.2, 0.25) is 0 Å². The molecule has 4 saturated heterocycles. The van der Waals surface area contributed by atoms with Gasteiger partial charge in [0.15, 0.2) is 0 Å². The molecular formula is C15H24S12. The first-order chi connectivity index (χ1) is 12.3. The van der Waals surface area contributed by atoms with Crippen LogP contribution in [0.25, 0.3) is 0 Å². The van der Waals surface area contributed by atoms with Crippen molar-refractivity contribution >= 4 is 148 Å². The van der Waals surface area contributed by atoms with E-state index in [1.807, 2.05) is 47.0 Å². The van der Waals surface area contributed by atoms with Gasteiger partial charge in [-0.25, -0.2) is 0 Å². The van der Waals surface area contributed by atoms with Gasteiger partial charge in [0.25, 0.3) is 0 Å². The Bertz CT molecular complexity index is 491. The lowest BCUT2D eigenvalue weighted by Crippen LogP contribution is -2.19. The van der Waals surface area contributed by atoms with E-state index >= 15 is 0 Å². The molecular weight excluding hydrogens is 565 g/mol. The van der Waals surface area contributed by atoms with Crippen LogP contribution in [0.4, 0.5) is 0 Å². The molecule has 0 bridgehead atoms. The largest absolute Gasteiger partial charge is 0.150 e. The lowest BCUT2D eigenvalue weighted by molar-refractivity contribution is 0.317. The summed E-state index contributed by atoms with van der Waals surface area (Å²) in [7, 11) is 0. The fraction of sp³-hybridized carbons (Fsp3) is 1.00. The van der Waals surface area contributed by atoms with Gasteiger partial charge in [0, 0.05) is 21.0 Å². The van der Waals surface area contributed by atoms with Crippen LogP contribution in [0, 0.1) is 11.8 Å². The minimum absolute atomic E-state index is 0.140. The van der Waals surface area contributed by atoms with E-state index in [0.717, 1.165) is 0 Å². The standard InChI is InChI=1S/C15H24S12/c16-12(17)8(24-12)2-6(3-9-13(18,19)25-9)1-7(4-10-14(20,21)26-10)5-11-15(22,23)27-11/h6-11,16-23H,1-5H2. The highest BCUT2D eigenvalue weighted by Gasteiger charge is 2.56. The second-order valence-electron chi connectivity index (χ2n) is 7.97. The molecule has 0 aromatic rings. The van der Waals surface area contributed by atoms with Crippen LogP contribution in [0.5, 0.6) is 0 Å². The van der Waals surface area contributed by atoms with E-state index in [9.17, 15) is 0 Å². The zero-order valence-corrected chi connectivity index (χ0v) is 24.6. The molecule has 0 aliphatic carbocycles. The summed E-state index contributed by atoms with van der Waals surface area (Å²) >= 11 is 44.7. The van der Waals surface area contributed by atoms with E-state index in [2.05, 4.69) is 101 Å². The van der Waals surface area contributed by atoms with E-state index < -0.39 is 0 Å². The van der Waals surface area contributed by atoms with Crippen molar-refractivity contribution in [2.45, 2.75) is 66.7 Å². The molecule has 0 spiro atoms. The normalized spacial score (nSPS) is 40.9. The zero-order valence-electron chi connectivity index (χ0n) is 14.2. The summed E-state index contributed by atoms with van der Waals surface area (Å²) in [5, 5.41) is 2.17. The molecule has 4 atom stereocenters. The number of hydrogen-bond acceptors (Lipinski definition) is 12. The first-order valence-electron chi connectivity index (χ1n) is 8.79. The molecule has 0 aromatic carbocycles. The molecule has 4 heterocycles. The van der Waals surface area contributed by atoms with E-state index in [1.54, 1.807) is 0 Å². The van der Waals surface area contributed by atoms with Crippen LogP contribution < -0.4 is 0 Å². The Kier molecular flexibility index (Phi) is 7.61. The molecule has 156 valence electrons. The highest BCUT2D eigenvalue weighted by molar-refractivity contribution is 8.33. The van der Waals surface area contributed by atoms with E-state index in [4.69, 9.17) is 0 Å². The third-order valence-corrected chi connectivity index (χ3v) is 16.8. The Balaban J connectivity index is 1.38. The first-order valence-corrected chi connectivity index (χ1v) is 15.9. The summed E-state index contributed by atoms with van der Waals surface area (Å²) in [5.41, 5.74) is 0. The molecule has 4 fully saturated rings. The van der Waals surface area contributed by atoms with Crippen molar-refractivity contribution in [2.24, 2.45) is 11.8 Å². The first kappa shape index (κ1) is 24.3. The lowest BCUT2D eigenvalue weighted by Gasteiger charge is -2.24. The van der Waals surface area contributed by atoms with Gasteiger partial charge in [-0.2, -0.15) is 101 Å². The monoisotopic (exact) mass is 588 g/mol. The molecule has 4 aliphatic rings. The number of thiol groups is 8. The number of thioether (sulfide) groups is 4. The highest BCUT2D eigenvalue weighted by Crippen LogP contribution is 2.67. The molecule has 0 saturated carbocycles. The molecule has 0 N–H and O–H groups in total. The topological polar surface area (TPSA) is 0 Å². The zero-order chi connectivity index (χ0) is 19.8. The molecule has 0 aromatic heterocycles. The van der Waals surface area contributed by atoms with Gasteiger partial charge in [-0.1, -0.05) is 0 Å². The van der Waals surface area contributed by atoms with Gasteiger partial charge in [0.1, 0.15) is 13.6 Å². The fourth-order valence-corrected chi connectivity index (χ4v) is 10.9. The molecule has 4 rings (SSSR count). The van der Waals surface area contributed by atoms with Gasteiger partial charge in [0.2, 0.25) is 0 Å². The van der Waals surface area contributed by atoms with E-state index in [1.165, 1.54) is 32.1 Å². The summed E-state index contributed by atoms with van der Waals surface area (Å²) in [6.07, 6.45) is 5.94. The second kappa shape index (κ2) is 8.45. The molecule has 12 heteroatoms. The summed E-state index contributed by atoms with van der Waals surface area (Å²) in [6.45, 7) is 0. The van der Waals surface area contributed by atoms with Crippen LogP contribution in [-0.2, 0) is 0 Å². The van der Waals surface area contributed by atoms with Gasteiger partial charge in [-0.05, 0) is 43.9 Å². The Morgan fingerprint density at radius 1 is 0.481 bits per heavy atom. The quantitative estimate of drug-likeness (QED) is 0.0814. The molecule has 0 nitrogen and oxygen atoms in total. The maximum Gasteiger partial charge on any atom is 0.113 e. The van der Waals surface area contributed by atoms with Crippen molar-refractivity contribution in [1.29, 1.82) is 0 Å². The second-order valence-corrected chi connectivity index (χ2v) is 23.2. The summed E-state index contributed by atoms with van der Waals surface area (Å²) in [6, 6.07) is 0. The smallest absolute Gasteiger partial charge is 0.113 e. The Morgan fingerprint density at radius 2 is 0.667 bits per heavy atom. The number of rotatable bonds is 10. The predicted octanol–water partition coefficient (Wildman–Crippen LogP) is 6.68. The Labute approximate surface area is 224 Å². The van der Waals surface area contributed by atoms with Crippen LogP contribution in [0.1, 0.15) is 32.1 Å². The Hall–Kier alpha value is 4.20. The third-order valence-electron chi connectivity index (χ3n) is 5.57. The van der Waals surface area contributed by atoms with Crippen LogP contribution in [0.3, 0.4) is 0 Å². The van der Waals surface area contributed by atoms with Crippen molar-refractivity contribution in [3.8, 4) is 0 Å². The van der Waals surface area contributed by atoms with Gasteiger partial charge >= 0.3 is 0 Å². The Morgan fingerprint density at radius 3 is 0.815 bits per heavy atom. The molecule has 4 aliphatic heterocycles. The van der Waals surface area contributed by atoms with Crippen molar-refractivity contribution in [2.75, 3.05) is 0 Å². The van der Waals surface area contributed by atoms with Gasteiger partial charge in [-0.3, -0.25) is 0 Å². The average Bonchev–Trinajstić information content (AvgIpc) is 3.43. The number of hydrogen-bond donors (Lipinski definition) is 8. The molecule has 0 radical (unpaired) electrons. The van der Waals surface area contributed by atoms with Crippen LogP contribution in [0.15, 0.2) is 0 Å². The maximum atomic E-state index is 4.66. The van der Waals surface area contributed by atoms with Gasteiger partial charge < -0.3 is 0 Å². The summed E-state index contributed by atoms with van der Waals surface area (Å²) in [5.74, 6) is 1.31. The summed E-state index contributed by atoms with van der Waals surface area (Å²) in [4.78, 5) is 0. The maximum absolute atomic E-state index is 4.66. The highest BCUT2D eigenvalue weighted by atomic mass is 32.3. The van der Waals surface area contributed by atoms with Crippen molar-refractivity contribution in [1.82, 2.24) is 0 Å². The molecule has 0 amide bonds. The SMILES string of the molecule is SC1(S)SC1CC(CC(CC1SC1(S)S)CC1SC1(S)S)CC1SC1(S)S. The lowest BCUT2D eigenvalue weighted by atomic mass is 9.83. The van der Waals surface area contributed by atoms with E-state index in [0.29, 0.717) is 32.8 Å². The van der Waals surface area contributed by atoms with E-state index in [-0.39, 0.29) is 13.6 Å². The van der Waals surface area contributed by atoms with Crippen molar-refractivity contribution in [3.05, 3.63) is 0 Å². The average molecular weight is 589 g/mol. The molecule has 27 heavy (non-hydrogen) atoms. The molecule has 4 unspecified atom stereocenters. The minimum Gasteiger partial charge on any atom is -0.150 e. The predicted molar refractivity (Wildman–Crippen MR) is 158 cm³/mol. The van der Waals surface area contributed by atoms with Gasteiger partial charge in [-0.15, -0.1) is 47.0 Å². The van der Waals surface area contributed by atoms with Crippen LogP contribution >= 0.6 is 148 Å². The van der Waals surface area contributed by atoms with Crippen LogP contribution in [-0.4, -0.2) is 34.6 Å². The summed E-state index contributed by atoms with van der Waals surface area (Å²) < 4.78 is -0.560. The third kappa shape index (κ3) is 6.63. The minimum atomic E-state index is -0.140.